The Morgan fingerprint density at radius 1 is 1.24 bits per heavy atom. The van der Waals surface area contributed by atoms with E-state index >= 15 is 0 Å². The lowest BCUT2D eigenvalue weighted by molar-refractivity contribution is -0.119. The molecule has 0 saturated heterocycles. The molecule has 0 spiro atoms. The SMILES string of the molecule is O=C(CNCC1CC1)C1CC1c1ccccc1. The maximum absolute atomic E-state index is 11.9. The molecule has 0 bridgehead atoms. The lowest BCUT2D eigenvalue weighted by Crippen LogP contribution is -2.26. The van der Waals surface area contributed by atoms with Crippen LogP contribution in [-0.4, -0.2) is 18.9 Å². The lowest BCUT2D eigenvalue weighted by atomic mass is 10.1. The molecule has 1 aromatic carbocycles. The summed E-state index contributed by atoms with van der Waals surface area (Å²) in [4.78, 5) is 11.9. The second kappa shape index (κ2) is 4.61. The molecule has 2 saturated carbocycles. The minimum Gasteiger partial charge on any atom is -0.310 e. The molecule has 1 aromatic rings. The third-order valence-electron chi connectivity index (χ3n) is 3.86. The van der Waals surface area contributed by atoms with Crippen LogP contribution in [0.15, 0.2) is 30.3 Å². The van der Waals surface area contributed by atoms with Crippen molar-refractivity contribution in [1.29, 1.82) is 0 Å². The Morgan fingerprint density at radius 2 is 2.00 bits per heavy atom. The molecular formula is C15H19NO. The molecule has 0 amide bonds. The summed E-state index contributed by atoms with van der Waals surface area (Å²) in [6.45, 7) is 1.61. The van der Waals surface area contributed by atoms with Crippen molar-refractivity contribution in [3.05, 3.63) is 35.9 Å². The van der Waals surface area contributed by atoms with Gasteiger partial charge in [0, 0.05) is 5.92 Å². The Morgan fingerprint density at radius 3 is 2.71 bits per heavy atom. The lowest BCUT2D eigenvalue weighted by Gasteiger charge is -2.03. The van der Waals surface area contributed by atoms with Crippen LogP contribution < -0.4 is 5.32 Å². The molecule has 0 heterocycles. The van der Waals surface area contributed by atoms with E-state index in [1.54, 1.807) is 0 Å². The third-order valence-corrected chi connectivity index (χ3v) is 3.86. The summed E-state index contributed by atoms with van der Waals surface area (Å²) >= 11 is 0. The van der Waals surface area contributed by atoms with Crippen molar-refractivity contribution in [3.63, 3.8) is 0 Å². The van der Waals surface area contributed by atoms with Crippen LogP contribution in [0.2, 0.25) is 0 Å². The van der Waals surface area contributed by atoms with Gasteiger partial charge in [-0.25, -0.2) is 0 Å². The highest BCUT2D eigenvalue weighted by Gasteiger charge is 2.43. The van der Waals surface area contributed by atoms with Crippen LogP contribution in [0.4, 0.5) is 0 Å². The zero-order chi connectivity index (χ0) is 11.7. The number of nitrogens with one attached hydrogen (secondary N) is 1. The molecule has 2 heteroatoms. The van der Waals surface area contributed by atoms with Gasteiger partial charge in [0.15, 0.2) is 0 Å². The molecule has 2 atom stereocenters. The van der Waals surface area contributed by atoms with E-state index in [2.05, 4.69) is 29.6 Å². The molecule has 90 valence electrons. The van der Waals surface area contributed by atoms with Crippen molar-refractivity contribution in [2.24, 2.45) is 11.8 Å². The Balaban J connectivity index is 1.45. The average molecular weight is 229 g/mol. The summed E-state index contributed by atoms with van der Waals surface area (Å²) in [5, 5.41) is 3.29. The summed E-state index contributed by atoms with van der Waals surface area (Å²) in [6.07, 6.45) is 3.74. The molecule has 2 unspecified atom stereocenters. The summed E-state index contributed by atoms with van der Waals surface area (Å²) in [7, 11) is 0. The Hall–Kier alpha value is -1.15. The fraction of sp³-hybridized carbons (Fsp3) is 0.533. The Labute approximate surface area is 102 Å². The standard InChI is InChI=1S/C15H19NO/c17-15(10-16-9-11-6-7-11)14-8-13(14)12-4-2-1-3-5-12/h1-5,11,13-14,16H,6-10H2. The first-order chi connectivity index (χ1) is 8.34. The van der Waals surface area contributed by atoms with E-state index in [9.17, 15) is 4.79 Å². The van der Waals surface area contributed by atoms with Crippen LogP contribution in [0.3, 0.4) is 0 Å². The van der Waals surface area contributed by atoms with Crippen molar-refractivity contribution in [3.8, 4) is 0 Å². The van der Waals surface area contributed by atoms with Crippen molar-refractivity contribution < 1.29 is 4.79 Å². The Kier molecular flexibility index (Phi) is 2.98. The maximum Gasteiger partial charge on any atom is 0.150 e. The van der Waals surface area contributed by atoms with Crippen LogP contribution >= 0.6 is 0 Å². The van der Waals surface area contributed by atoms with E-state index in [1.807, 2.05) is 6.07 Å². The highest BCUT2D eigenvalue weighted by Crippen LogP contribution is 2.47. The van der Waals surface area contributed by atoms with Gasteiger partial charge in [-0.05, 0) is 43.2 Å². The monoisotopic (exact) mass is 229 g/mol. The molecule has 2 fully saturated rings. The number of hydrogen-bond donors (Lipinski definition) is 1. The normalized spacial score (nSPS) is 26.8. The minimum absolute atomic E-state index is 0.282. The van der Waals surface area contributed by atoms with Gasteiger partial charge < -0.3 is 5.32 Å². The van der Waals surface area contributed by atoms with Crippen LogP contribution in [-0.2, 0) is 4.79 Å². The summed E-state index contributed by atoms with van der Waals surface area (Å²) in [6, 6.07) is 10.4. The van der Waals surface area contributed by atoms with Gasteiger partial charge in [0.25, 0.3) is 0 Å². The molecule has 2 aliphatic carbocycles. The van der Waals surface area contributed by atoms with Gasteiger partial charge >= 0.3 is 0 Å². The molecule has 2 aliphatic rings. The van der Waals surface area contributed by atoms with E-state index in [1.165, 1.54) is 18.4 Å². The van der Waals surface area contributed by atoms with Crippen LogP contribution in [0.1, 0.15) is 30.7 Å². The maximum atomic E-state index is 11.9. The number of benzene rings is 1. The second-order valence-electron chi connectivity index (χ2n) is 5.40. The number of carbonyl (C=O) groups is 1. The van der Waals surface area contributed by atoms with Crippen LogP contribution in [0, 0.1) is 11.8 Å². The molecule has 0 aliphatic heterocycles. The molecule has 1 N–H and O–H groups in total. The van der Waals surface area contributed by atoms with Gasteiger partial charge in [0.05, 0.1) is 6.54 Å². The number of ketones is 1. The fourth-order valence-electron chi connectivity index (χ4n) is 2.47. The van der Waals surface area contributed by atoms with Crippen molar-refractivity contribution >= 4 is 5.78 Å². The van der Waals surface area contributed by atoms with Crippen LogP contribution in [0.25, 0.3) is 0 Å². The smallest absolute Gasteiger partial charge is 0.150 e. The van der Waals surface area contributed by atoms with E-state index in [0.717, 1.165) is 18.9 Å². The van der Waals surface area contributed by atoms with Crippen LogP contribution in [0.5, 0.6) is 0 Å². The zero-order valence-corrected chi connectivity index (χ0v) is 10.1. The van der Waals surface area contributed by atoms with Gasteiger partial charge in [0.2, 0.25) is 0 Å². The molecule has 17 heavy (non-hydrogen) atoms. The number of carbonyl (C=O) groups excluding carboxylic acids is 1. The topological polar surface area (TPSA) is 29.1 Å². The van der Waals surface area contributed by atoms with Gasteiger partial charge in [-0.3, -0.25) is 4.79 Å². The third kappa shape index (κ3) is 2.75. The van der Waals surface area contributed by atoms with E-state index in [-0.39, 0.29) is 5.92 Å². The average Bonchev–Trinajstić information content (AvgIpc) is 3.24. The first kappa shape index (κ1) is 11.0. The van der Waals surface area contributed by atoms with E-state index < -0.39 is 0 Å². The predicted octanol–water partition coefficient (Wildman–Crippen LogP) is 2.36. The van der Waals surface area contributed by atoms with Crippen molar-refractivity contribution in [2.45, 2.75) is 25.2 Å². The van der Waals surface area contributed by atoms with Crippen molar-refractivity contribution in [2.75, 3.05) is 13.1 Å². The highest BCUT2D eigenvalue weighted by atomic mass is 16.1. The number of hydrogen-bond acceptors (Lipinski definition) is 2. The molecule has 3 rings (SSSR count). The molecule has 0 aromatic heterocycles. The van der Waals surface area contributed by atoms with Crippen molar-refractivity contribution in [1.82, 2.24) is 5.32 Å². The van der Waals surface area contributed by atoms with E-state index in [4.69, 9.17) is 0 Å². The number of Topliss-reactive ketones (excluding diaryl/α,β-unsaturated/α-hetero) is 1. The zero-order valence-electron chi connectivity index (χ0n) is 10.1. The summed E-state index contributed by atoms with van der Waals surface area (Å²) in [5.41, 5.74) is 1.33. The predicted molar refractivity (Wildman–Crippen MR) is 67.9 cm³/mol. The van der Waals surface area contributed by atoms with Gasteiger partial charge in [-0.1, -0.05) is 30.3 Å². The fourth-order valence-corrected chi connectivity index (χ4v) is 2.47. The van der Waals surface area contributed by atoms with Gasteiger partial charge in [-0.2, -0.15) is 0 Å². The Bertz CT molecular complexity index is 397. The molecule has 2 nitrogen and oxygen atoms in total. The molecule has 0 radical (unpaired) electrons. The number of rotatable bonds is 6. The van der Waals surface area contributed by atoms with Gasteiger partial charge in [0.1, 0.15) is 5.78 Å². The summed E-state index contributed by atoms with van der Waals surface area (Å²) < 4.78 is 0. The second-order valence-corrected chi connectivity index (χ2v) is 5.40. The first-order valence-corrected chi connectivity index (χ1v) is 6.63. The first-order valence-electron chi connectivity index (χ1n) is 6.63. The van der Waals surface area contributed by atoms with E-state index in [0.29, 0.717) is 18.2 Å². The summed E-state index contributed by atoms with van der Waals surface area (Å²) in [5.74, 6) is 2.03. The van der Waals surface area contributed by atoms with Gasteiger partial charge in [-0.15, -0.1) is 0 Å². The quantitative estimate of drug-likeness (QED) is 0.811. The highest BCUT2D eigenvalue weighted by molar-refractivity contribution is 5.86. The minimum atomic E-state index is 0.282. The molecular weight excluding hydrogens is 210 g/mol. The largest absolute Gasteiger partial charge is 0.310 e.